The van der Waals surface area contributed by atoms with E-state index in [1.54, 1.807) is 7.11 Å². The highest BCUT2D eigenvalue weighted by atomic mass is 16.5. The van der Waals surface area contributed by atoms with Crippen molar-refractivity contribution in [3.8, 4) is 34.0 Å². The first-order valence-electron chi connectivity index (χ1n) is 10.3. The molecule has 148 valence electrons. The van der Waals surface area contributed by atoms with Crippen LogP contribution in [0.5, 0.6) is 11.5 Å². The van der Waals surface area contributed by atoms with Crippen molar-refractivity contribution in [1.29, 1.82) is 0 Å². The number of nitrogens with zero attached hydrogens (tertiary/aromatic N) is 3. The number of aromatic nitrogens is 3. The van der Waals surface area contributed by atoms with Gasteiger partial charge in [-0.25, -0.2) is 4.52 Å². The molecule has 0 radical (unpaired) electrons. The van der Waals surface area contributed by atoms with Crippen LogP contribution in [0.1, 0.15) is 25.3 Å². The fraction of sp³-hybridized carbons (Fsp3) is 0.292. The minimum absolute atomic E-state index is 0.683. The Kier molecular flexibility index (Phi) is 4.51. The van der Waals surface area contributed by atoms with Crippen LogP contribution in [-0.2, 0) is 13.0 Å². The van der Waals surface area contributed by atoms with E-state index in [1.807, 2.05) is 19.1 Å². The molecule has 1 aliphatic rings. The van der Waals surface area contributed by atoms with Crippen molar-refractivity contribution in [1.82, 2.24) is 14.2 Å². The van der Waals surface area contributed by atoms with E-state index in [0.29, 0.717) is 6.61 Å². The molecule has 2 aromatic carbocycles. The SMILES string of the molecule is CCOc1ccc(-c2cn3nc(-c4ccc(OC)cc4)n4c3c2CCCC4)cc1. The van der Waals surface area contributed by atoms with E-state index in [2.05, 4.69) is 51.7 Å². The van der Waals surface area contributed by atoms with Gasteiger partial charge in [-0.2, -0.15) is 0 Å². The van der Waals surface area contributed by atoms with E-state index >= 15 is 0 Å². The molecule has 0 amide bonds. The Bertz CT molecular complexity index is 1140. The monoisotopic (exact) mass is 387 g/mol. The van der Waals surface area contributed by atoms with Gasteiger partial charge in [0.1, 0.15) is 17.1 Å². The van der Waals surface area contributed by atoms with Gasteiger partial charge in [-0.3, -0.25) is 0 Å². The van der Waals surface area contributed by atoms with Crippen LogP contribution < -0.4 is 9.47 Å². The summed E-state index contributed by atoms with van der Waals surface area (Å²) in [5.41, 5.74) is 6.21. The standard InChI is InChI=1S/C24H25N3O2/c1-3-29-20-13-7-17(8-14-20)22-16-27-24-21(22)6-4-5-15-26(24)23(25-27)18-9-11-19(28-2)12-10-18/h7-14,16H,3-6,15H2,1-2H3. The van der Waals surface area contributed by atoms with Gasteiger partial charge in [-0.05, 0) is 68.1 Å². The van der Waals surface area contributed by atoms with Gasteiger partial charge < -0.3 is 14.0 Å². The molecular formula is C24H25N3O2. The summed E-state index contributed by atoms with van der Waals surface area (Å²) >= 11 is 0. The van der Waals surface area contributed by atoms with Crippen molar-refractivity contribution in [3.05, 3.63) is 60.3 Å². The lowest BCUT2D eigenvalue weighted by atomic mass is 10.0. The zero-order chi connectivity index (χ0) is 19.8. The van der Waals surface area contributed by atoms with Crippen LogP contribution in [-0.4, -0.2) is 27.9 Å². The summed E-state index contributed by atoms with van der Waals surface area (Å²) in [5.74, 6) is 2.79. The molecule has 29 heavy (non-hydrogen) atoms. The molecule has 0 atom stereocenters. The quantitative estimate of drug-likeness (QED) is 0.472. The largest absolute Gasteiger partial charge is 0.497 e. The first kappa shape index (κ1) is 17.9. The Morgan fingerprint density at radius 3 is 2.38 bits per heavy atom. The predicted octanol–water partition coefficient (Wildman–Crippen LogP) is 5.21. The number of methoxy groups -OCH3 is 1. The van der Waals surface area contributed by atoms with Gasteiger partial charge in [0.15, 0.2) is 5.82 Å². The Hall–Kier alpha value is -3.21. The molecule has 0 aliphatic carbocycles. The summed E-state index contributed by atoms with van der Waals surface area (Å²) < 4.78 is 15.3. The Labute approximate surface area is 170 Å². The van der Waals surface area contributed by atoms with Crippen LogP contribution in [0.2, 0.25) is 0 Å². The van der Waals surface area contributed by atoms with Crippen molar-refractivity contribution in [2.45, 2.75) is 32.7 Å². The average molecular weight is 387 g/mol. The normalized spacial score (nSPS) is 13.4. The molecule has 0 saturated heterocycles. The topological polar surface area (TPSA) is 40.7 Å². The molecule has 0 saturated carbocycles. The van der Waals surface area contributed by atoms with Gasteiger partial charge in [0.25, 0.3) is 0 Å². The van der Waals surface area contributed by atoms with E-state index in [0.717, 1.165) is 42.3 Å². The smallest absolute Gasteiger partial charge is 0.162 e. The highest BCUT2D eigenvalue weighted by Gasteiger charge is 2.23. The molecule has 2 aromatic heterocycles. The maximum absolute atomic E-state index is 5.60. The molecule has 1 aliphatic heterocycles. The second-order valence-corrected chi connectivity index (χ2v) is 7.41. The van der Waals surface area contributed by atoms with Gasteiger partial charge in [-0.1, -0.05) is 12.1 Å². The predicted molar refractivity (Wildman–Crippen MR) is 115 cm³/mol. The fourth-order valence-corrected chi connectivity index (χ4v) is 4.27. The lowest BCUT2D eigenvalue weighted by Crippen LogP contribution is -1.99. The summed E-state index contributed by atoms with van der Waals surface area (Å²) in [7, 11) is 1.69. The van der Waals surface area contributed by atoms with Crippen LogP contribution in [0, 0.1) is 0 Å². The zero-order valence-corrected chi connectivity index (χ0v) is 16.9. The lowest BCUT2D eigenvalue weighted by Gasteiger charge is -2.08. The van der Waals surface area contributed by atoms with E-state index < -0.39 is 0 Å². The number of hydrogen-bond donors (Lipinski definition) is 0. The number of rotatable bonds is 5. The molecular weight excluding hydrogens is 362 g/mol. The molecule has 0 bridgehead atoms. The molecule has 4 aromatic rings. The number of benzene rings is 2. The van der Waals surface area contributed by atoms with Crippen molar-refractivity contribution in [2.75, 3.05) is 13.7 Å². The van der Waals surface area contributed by atoms with Crippen molar-refractivity contribution >= 4 is 5.65 Å². The van der Waals surface area contributed by atoms with E-state index in [1.165, 1.54) is 28.8 Å². The highest BCUT2D eigenvalue weighted by molar-refractivity contribution is 5.77. The third kappa shape index (κ3) is 3.07. The minimum atomic E-state index is 0.683. The summed E-state index contributed by atoms with van der Waals surface area (Å²) in [4.78, 5) is 0. The van der Waals surface area contributed by atoms with Gasteiger partial charge >= 0.3 is 0 Å². The number of ether oxygens (including phenoxy) is 2. The second-order valence-electron chi connectivity index (χ2n) is 7.41. The highest BCUT2D eigenvalue weighted by Crippen LogP contribution is 2.35. The molecule has 5 nitrogen and oxygen atoms in total. The van der Waals surface area contributed by atoms with Crippen molar-refractivity contribution in [2.24, 2.45) is 0 Å². The Morgan fingerprint density at radius 2 is 1.66 bits per heavy atom. The third-order valence-corrected chi connectivity index (χ3v) is 5.66. The Morgan fingerprint density at radius 1 is 0.931 bits per heavy atom. The van der Waals surface area contributed by atoms with E-state index in [4.69, 9.17) is 14.6 Å². The average Bonchev–Trinajstić information content (AvgIpc) is 3.19. The van der Waals surface area contributed by atoms with E-state index in [-0.39, 0.29) is 0 Å². The molecule has 0 unspecified atom stereocenters. The van der Waals surface area contributed by atoms with E-state index in [9.17, 15) is 0 Å². The Balaban J connectivity index is 1.61. The molecule has 5 heteroatoms. The number of aryl methyl sites for hydroxylation is 2. The fourth-order valence-electron chi connectivity index (χ4n) is 4.27. The summed E-state index contributed by atoms with van der Waals surface area (Å²) in [6, 6.07) is 16.6. The van der Waals surface area contributed by atoms with Crippen molar-refractivity contribution < 1.29 is 9.47 Å². The molecule has 3 heterocycles. The first-order chi connectivity index (χ1) is 14.3. The van der Waals surface area contributed by atoms with Gasteiger partial charge in [0, 0.05) is 29.4 Å². The third-order valence-electron chi connectivity index (χ3n) is 5.66. The van der Waals surface area contributed by atoms with Crippen LogP contribution >= 0.6 is 0 Å². The van der Waals surface area contributed by atoms with Gasteiger partial charge in [0.2, 0.25) is 0 Å². The molecule has 0 spiro atoms. The van der Waals surface area contributed by atoms with Crippen molar-refractivity contribution in [3.63, 3.8) is 0 Å². The van der Waals surface area contributed by atoms with Gasteiger partial charge in [-0.15, -0.1) is 5.10 Å². The van der Waals surface area contributed by atoms with Gasteiger partial charge in [0.05, 0.1) is 13.7 Å². The summed E-state index contributed by atoms with van der Waals surface area (Å²) in [6.07, 6.45) is 5.60. The van der Waals surface area contributed by atoms with Crippen LogP contribution in [0.25, 0.3) is 28.2 Å². The minimum Gasteiger partial charge on any atom is -0.497 e. The lowest BCUT2D eigenvalue weighted by molar-refractivity contribution is 0.340. The molecule has 0 fully saturated rings. The van der Waals surface area contributed by atoms with Crippen LogP contribution in [0.3, 0.4) is 0 Å². The molecule has 0 N–H and O–H groups in total. The summed E-state index contributed by atoms with van der Waals surface area (Å²) in [5, 5.41) is 4.96. The summed E-state index contributed by atoms with van der Waals surface area (Å²) in [6.45, 7) is 3.68. The second kappa shape index (κ2) is 7.32. The first-order valence-corrected chi connectivity index (χ1v) is 10.3. The van der Waals surface area contributed by atoms with Crippen LogP contribution in [0.15, 0.2) is 54.7 Å². The van der Waals surface area contributed by atoms with Crippen LogP contribution in [0.4, 0.5) is 0 Å². The maximum atomic E-state index is 5.60. The zero-order valence-electron chi connectivity index (χ0n) is 16.9. The molecule has 5 rings (SSSR count). The maximum Gasteiger partial charge on any atom is 0.162 e. The number of hydrogen-bond acceptors (Lipinski definition) is 3.